The number of rotatable bonds is 1. The Morgan fingerprint density at radius 2 is 2.07 bits per heavy atom. The predicted molar refractivity (Wildman–Crippen MR) is 49.3 cm³/mol. The molecule has 0 bridgehead atoms. The highest BCUT2D eigenvalue weighted by molar-refractivity contribution is 5.89. The molecule has 70 valence electrons. The Kier molecular flexibility index (Phi) is 1.78. The van der Waals surface area contributed by atoms with Crippen molar-refractivity contribution in [2.75, 3.05) is 0 Å². The van der Waals surface area contributed by atoms with Crippen molar-refractivity contribution < 1.29 is 9.90 Å². The molecule has 0 amide bonds. The number of hydrogen-bond acceptors (Lipinski definition) is 3. The first-order chi connectivity index (χ1) is 6.70. The standard InChI is InChI=1S/C9H6N2O3/c12-8-5-3-1-2-4-6(5)10-11-7(8)9(13)14/h1-4H,(H,10,12)(H,13,14). The van der Waals surface area contributed by atoms with Crippen molar-refractivity contribution in [3.05, 3.63) is 40.2 Å². The number of aromatic carboxylic acids is 1. The Hall–Kier alpha value is -2.17. The van der Waals surface area contributed by atoms with Crippen molar-refractivity contribution in [2.24, 2.45) is 0 Å². The molecule has 2 aromatic rings. The largest absolute Gasteiger partial charge is 0.476 e. The number of carboxylic acids is 1. The van der Waals surface area contributed by atoms with E-state index in [1.54, 1.807) is 24.3 Å². The molecular formula is C9H6N2O3. The van der Waals surface area contributed by atoms with Crippen molar-refractivity contribution in [1.29, 1.82) is 0 Å². The van der Waals surface area contributed by atoms with Crippen LogP contribution in [0.3, 0.4) is 0 Å². The fourth-order valence-electron chi connectivity index (χ4n) is 1.22. The van der Waals surface area contributed by atoms with Crippen molar-refractivity contribution in [2.45, 2.75) is 0 Å². The third-order valence-electron chi connectivity index (χ3n) is 1.88. The monoisotopic (exact) mass is 190 g/mol. The van der Waals surface area contributed by atoms with Crippen LogP contribution in [0.25, 0.3) is 10.9 Å². The highest BCUT2D eigenvalue weighted by Crippen LogP contribution is 2.04. The summed E-state index contributed by atoms with van der Waals surface area (Å²) in [6, 6.07) is 6.63. The zero-order chi connectivity index (χ0) is 10.1. The molecular weight excluding hydrogens is 184 g/mol. The lowest BCUT2D eigenvalue weighted by molar-refractivity contribution is 0.0688. The molecule has 0 saturated carbocycles. The molecule has 0 aliphatic heterocycles. The molecule has 1 heterocycles. The van der Waals surface area contributed by atoms with Gasteiger partial charge in [0.2, 0.25) is 11.1 Å². The molecule has 0 spiro atoms. The van der Waals surface area contributed by atoms with Crippen LogP contribution in [0, 0.1) is 0 Å². The zero-order valence-electron chi connectivity index (χ0n) is 7.02. The van der Waals surface area contributed by atoms with Gasteiger partial charge >= 0.3 is 5.97 Å². The second-order valence-electron chi connectivity index (χ2n) is 2.75. The summed E-state index contributed by atoms with van der Waals surface area (Å²) in [6.45, 7) is 0. The molecule has 0 saturated heterocycles. The maximum atomic E-state index is 11.5. The lowest BCUT2D eigenvalue weighted by Gasteiger charge is -1.96. The Morgan fingerprint density at radius 3 is 2.79 bits per heavy atom. The quantitative estimate of drug-likeness (QED) is 0.690. The number of carbonyl (C=O) groups is 1. The SMILES string of the molecule is O=C(O)c1n[nH]c2ccccc2c1=O. The number of H-pyrrole nitrogens is 1. The number of carboxylic acid groups (broad SMARTS) is 1. The minimum Gasteiger partial charge on any atom is -0.476 e. The number of aromatic amines is 1. The van der Waals surface area contributed by atoms with Gasteiger partial charge in [-0.3, -0.25) is 9.89 Å². The summed E-state index contributed by atoms with van der Waals surface area (Å²) in [6.07, 6.45) is 0. The average Bonchev–Trinajstić information content (AvgIpc) is 2.18. The van der Waals surface area contributed by atoms with Gasteiger partial charge in [-0.2, -0.15) is 5.10 Å². The molecule has 0 aliphatic rings. The Labute approximate surface area is 78.0 Å². The maximum absolute atomic E-state index is 11.5. The molecule has 0 unspecified atom stereocenters. The molecule has 0 aliphatic carbocycles. The fourth-order valence-corrected chi connectivity index (χ4v) is 1.22. The van der Waals surface area contributed by atoms with Crippen LogP contribution in [0.5, 0.6) is 0 Å². The predicted octanol–water partition coefficient (Wildman–Crippen LogP) is 0.621. The van der Waals surface area contributed by atoms with E-state index in [1.807, 2.05) is 0 Å². The van der Waals surface area contributed by atoms with Gasteiger partial charge in [0.1, 0.15) is 0 Å². The summed E-state index contributed by atoms with van der Waals surface area (Å²) in [5, 5.41) is 15.0. The molecule has 0 atom stereocenters. The Balaban J connectivity index is 2.89. The van der Waals surface area contributed by atoms with Crippen LogP contribution >= 0.6 is 0 Å². The normalized spacial score (nSPS) is 10.3. The van der Waals surface area contributed by atoms with Crippen LogP contribution in [0.2, 0.25) is 0 Å². The van der Waals surface area contributed by atoms with E-state index in [1.165, 1.54) is 0 Å². The molecule has 2 rings (SSSR count). The van der Waals surface area contributed by atoms with Gasteiger partial charge < -0.3 is 5.11 Å². The van der Waals surface area contributed by atoms with E-state index in [0.717, 1.165) is 0 Å². The number of nitrogens with one attached hydrogen (secondary N) is 1. The summed E-state index contributed by atoms with van der Waals surface area (Å²) in [5.41, 5.74) is -0.516. The molecule has 1 aromatic carbocycles. The van der Waals surface area contributed by atoms with Crippen molar-refractivity contribution in [3.63, 3.8) is 0 Å². The zero-order valence-corrected chi connectivity index (χ0v) is 7.02. The van der Waals surface area contributed by atoms with Gasteiger partial charge in [0.25, 0.3) is 0 Å². The Morgan fingerprint density at radius 1 is 1.36 bits per heavy atom. The molecule has 2 N–H and O–H groups in total. The summed E-state index contributed by atoms with van der Waals surface area (Å²) < 4.78 is 0. The van der Waals surface area contributed by atoms with Gasteiger partial charge in [0.05, 0.1) is 5.52 Å². The lowest BCUT2D eigenvalue weighted by atomic mass is 10.2. The van der Waals surface area contributed by atoms with Gasteiger partial charge in [-0.15, -0.1) is 0 Å². The first kappa shape index (κ1) is 8.43. The van der Waals surface area contributed by atoms with Gasteiger partial charge in [-0.05, 0) is 12.1 Å². The van der Waals surface area contributed by atoms with Gasteiger partial charge in [0, 0.05) is 5.39 Å². The van der Waals surface area contributed by atoms with Crippen LogP contribution in [-0.2, 0) is 0 Å². The lowest BCUT2D eigenvalue weighted by Crippen LogP contribution is -2.18. The van der Waals surface area contributed by atoms with E-state index in [-0.39, 0.29) is 0 Å². The average molecular weight is 190 g/mol. The van der Waals surface area contributed by atoms with E-state index >= 15 is 0 Å². The molecule has 5 heteroatoms. The molecule has 0 fully saturated rings. The number of hydrogen-bond donors (Lipinski definition) is 2. The number of benzene rings is 1. The van der Waals surface area contributed by atoms with Crippen LogP contribution in [0.4, 0.5) is 0 Å². The number of fused-ring (bicyclic) bond motifs is 1. The summed E-state index contributed by atoms with van der Waals surface area (Å²) in [4.78, 5) is 22.1. The smallest absolute Gasteiger partial charge is 0.360 e. The second-order valence-corrected chi connectivity index (χ2v) is 2.75. The first-order valence-corrected chi connectivity index (χ1v) is 3.91. The number of nitrogens with zero attached hydrogens (tertiary/aromatic N) is 1. The minimum absolute atomic E-state index is 0.333. The van der Waals surface area contributed by atoms with Gasteiger partial charge in [-0.1, -0.05) is 12.1 Å². The van der Waals surface area contributed by atoms with E-state index in [9.17, 15) is 9.59 Å². The summed E-state index contributed by atoms with van der Waals surface area (Å²) in [7, 11) is 0. The van der Waals surface area contributed by atoms with Gasteiger partial charge in [0.15, 0.2) is 0 Å². The van der Waals surface area contributed by atoms with E-state index < -0.39 is 17.1 Å². The third-order valence-corrected chi connectivity index (χ3v) is 1.88. The highest BCUT2D eigenvalue weighted by atomic mass is 16.4. The van der Waals surface area contributed by atoms with Crippen LogP contribution < -0.4 is 5.43 Å². The van der Waals surface area contributed by atoms with E-state index in [0.29, 0.717) is 10.9 Å². The third kappa shape index (κ3) is 1.15. The first-order valence-electron chi connectivity index (χ1n) is 3.91. The summed E-state index contributed by atoms with van der Waals surface area (Å²) in [5.74, 6) is -1.32. The maximum Gasteiger partial charge on any atom is 0.360 e. The molecule has 14 heavy (non-hydrogen) atoms. The number of para-hydroxylation sites is 1. The van der Waals surface area contributed by atoms with E-state index in [2.05, 4.69) is 10.2 Å². The fraction of sp³-hybridized carbons (Fsp3) is 0. The Bertz CT molecular complexity index is 559. The summed E-state index contributed by atoms with van der Waals surface area (Å²) >= 11 is 0. The molecule has 0 radical (unpaired) electrons. The van der Waals surface area contributed by atoms with E-state index in [4.69, 9.17) is 5.11 Å². The highest BCUT2D eigenvalue weighted by Gasteiger charge is 2.12. The van der Waals surface area contributed by atoms with Crippen LogP contribution in [0.1, 0.15) is 10.5 Å². The van der Waals surface area contributed by atoms with Gasteiger partial charge in [-0.25, -0.2) is 4.79 Å². The topological polar surface area (TPSA) is 83.0 Å². The molecule has 1 aromatic heterocycles. The van der Waals surface area contributed by atoms with Crippen molar-refractivity contribution in [1.82, 2.24) is 10.2 Å². The second kappa shape index (κ2) is 2.95. The van der Waals surface area contributed by atoms with Crippen LogP contribution in [0.15, 0.2) is 29.1 Å². The van der Waals surface area contributed by atoms with Crippen LogP contribution in [-0.4, -0.2) is 21.3 Å². The van der Waals surface area contributed by atoms with Crippen molar-refractivity contribution in [3.8, 4) is 0 Å². The number of aromatic nitrogens is 2. The minimum atomic E-state index is -1.32. The molecule has 5 nitrogen and oxygen atoms in total. The van der Waals surface area contributed by atoms with Crippen molar-refractivity contribution >= 4 is 16.9 Å².